The van der Waals surface area contributed by atoms with Crippen LogP contribution in [0.15, 0.2) is 54.9 Å². The Morgan fingerprint density at radius 3 is 2.35 bits per heavy atom. The van der Waals surface area contributed by atoms with Crippen LogP contribution in [-0.2, 0) is 10.1 Å². The molecule has 0 aliphatic carbocycles. The van der Waals surface area contributed by atoms with Crippen LogP contribution in [0.25, 0.3) is 11.3 Å². The summed E-state index contributed by atoms with van der Waals surface area (Å²) in [6.07, 6.45) is 2.91. The second-order valence-electron chi connectivity index (χ2n) is 6.47. The summed E-state index contributed by atoms with van der Waals surface area (Å²) in [7, 11) is -4.38. The molecule has 2 aromatic heterocycles. The van der Waals surface area contributed by atoms with Crippen LogP contribution in [0.3, 0.4) is 0 Å². The zero-order chi connectivity index (χ0) is 22.4. The number of aromatic nitrogens is 3. The van der Waals surface area contributed by atoms with Gasteiger partial charge in [-0.25, -0.2) is 15.0 Å². The second-order valence-corrected chi connectivity index (χ2v) is 8.01. The first-order valence-electron chi connectivity index (χ1n) is 9.13. The Balaban J connectivity index is 1.53. The van der Waals surface area contributed by atoms with Gasteiger partial charge in [0.25, 0.3) is 10.1 Å². The van der Waals surface area contributed by atoms with Gasteiger partial charge >= 0.3 is 0 Å². The number of nitrogens with one attached hydrogen (secondary N) is 2. The molecule has 0 spiro atoms. The van der Waals surface area contributed by atoms with E-state index in [9.17, 15) is 13.2 Å². The Hall–Kier alpha value is -3.61. The van der Waals surface area contributed by atoms with Crippen molar-refractivity contribution in [2.24, 2.45) is 11.5 Å². The number of nitrogens with two attached hydrogens (primary N) is 2. The highest BCUT2D eigenvalue weighted by Gasteiger charge is 2.20. The monoisotopic (exact) mass is 443 g/mol. The number of anilines is 2. The lowest BCUT2D eigenvalue weighted by atomic mass is 10.1. The molecule has 0 aliphatic rings. The molecule has 31 heavy (non-hydrogen) atoms. The lowest BCUT2D eigenvalue weighted by molar-refractivity contribution is 0.100. The Morgan fingerprint density at radius 1 is 1.03 bits per heavy atom. The Morgan fingerprint density at radius 2 is 1.74 bits per heavy atom. The van der Waals surface area contributed by atoms with Gasteiger partial charge < -0.3 is 22.1 Å². The van der Waals surface area contributed by atoms with E-state index >= 15 is 0 Å². The van der Waals surface area contributed by atoms with Crippen LogP contribution in [0.4, 0.5) is 11.8 Å². The van der Waals surface area contributed by atoms with Crippen molar-refractivity contribution in [3.8, 4) is 11.3 Å². The van der Waals surface area contributed by atoms with Gasteiger partial charge in [0.1, 0.15) is 5.82 Å². The Labute approximate surface area is 178 Å². The van der Waals surface area contributed by atoms with Crippen molar-refractivity contribution in [3.05, 3.63) is 66.0 Å². The van der Waals surface area contributed by atoms with Gasteiger partial charge in [0.15, 0.2) is 5.37 Å². The summed E-state index contributed by atoms with van der Waals surface area (Å²) in [5, 5.41) is 4.61. The van der Waals surface area contributed by atoms with E-state index in [1.165, 1.54) is 12.3 Å². The number of nitrogens with zero attached hydrogens (tertiary/aromatic N) is 3. The third-order valence-electron chi connectivity index (χ3n) is 4.27. The molecule has 0 bridgehead atoms. The minimum absolute atomic E-state index is 0.181. The lowest BCUT2D eigenvalue weighted by Crippen LogP contribution is -2.21. The highest BCUT2D eigenvalue weighted by molar-refractivity contribution is 7.86. The first-order valence-corrected chi connectivity index (χ1v) is 10.6. The predicted octanol–water partition coefficient (Wildman–Crippen LogP) is 1.01. The van der Waals surface area contributed by atoms with Gasteiger partial charge in [-0.2, -0.15) is 8.42 Å². The molecule has 1 amide bonds. The molecule has 162 valence electrons. The molecule has 1 unspecified atom stereocenters. The number of carbonyl (C=O) groups excluding carboxylic acids is 1. The molecule has 3 rings (SSSR count). The minimum atomic E-state index is -4.38. The summed E-state index contributed by atoms with van der Waals surface area (Å²) >= 11 is 0. The van der Waals surface area contributed by atoms with Gasteiger partial charge in [-0.3, -0.25) is 9.35 Å². The summed E-state index contributed by atoms with van der Waals surface area (Å²) in [5.41, 5.74) is 12.8. The molecule has 0 aliphatic heterocycles. The van der Waals surface area contributed by atoms with E-state index in [0.29, 0.717) is 36.1 Å². The maximum Gasteiger partial charge on any atom is 0.285 e. The van der Waals surface area contributed by atoms with Gasteiger partial charge in [-0.1, -0.05) is 18.2 Å². The maximum absolute atomic E-state index is 11.2. The molecule has 11 nitrogen and oxygen atoms in total. The van der Waals surface area contributed by atoms with E-state index in [-0.39, 0.29) is 5.56 Å². The fourth-order valence-electron chi connectivity index (χ4n) is 2.62. The molecule has 0 radical (unpaired) electrons. The van der Waals surface area contributed by atoms with Crippen LogP contribution in [0, 0.1) is 0 Å². The topological polar surface area (TPSA) is 186 Å². The molecule has 0 saturated heterocycles. The number of amides is 1. The van der Waals surface area contributed by atoms with Gasteiger partial charge in [0.2, 0.25) is 11.9 Å². The van der Waals surface area contributed by atoms with Crippen molar-refractivity contribution in [1.82, 2.24) is 15.0 Å². The summed E-state index contributed by atoms with van der Waals surface area (Å²) in [6.45, 7) is 0.968. The van der Waals surface area contributed by atoms with Crippen molar-refractivity contribution in [3.63, 3.8) is 0 Å². The standard InChI is InChI=1S/C19H21N7O4S/c20-17(27)13-3-1-12(2-4-13)15-7-8-23-19(26-15)24-10-9-22-16-6-5-14(11-25-16)18(21)31(28,29)30/h1-8,11,18H,9-10,21H2,(H2,20,27)(H,22,25)(H,23,24,26)(H,28,29,30). The van der Waals surface area contributed by atoms with Crippen molar-refractivity contribution >= 4 is 27.8 Å². The molecule has 1 atom stereocenters. The number of rotatable bonds is 9. The zero-order valence-corrected chi connectivity index (χ0v) is 17.1. The van der Waals surface area contributed by atoms with Crippen LogP contribution in [0.1, 0.15) is 21.3 Å². The van der Waals surface area contributed by atoms with Crippen LogP contribution >= 0.6 is 0 Å². The molecule has 2 heterocycles. The van der Waals surface area contributed by atoms with E-state index in [1.807, 2.05) is 0 Å². The lowest BCUT2D eigenvalue weighted by Gasteiger charge is -2.10. The van der Waals surface area contributed by atoms with Gasteiger partial charge in [0, 0.05) is 42.2 Å². The molecule has 1 aromatic carbocycles. The summed E-state index contributed by atoms with van der Waals surface area (Å²) < 4.78 is 31.1. The third kappa shape index (κ3) is 5.94. The van der Waals surface area contributed by atoms with E-state index in [4.69, 9.17) is 16.0 Å². The fourth-order valence-corrected chi connectivity index (χ4v) is 3.11. The molecule has 0 fully saturated rings. The molecular weight excluding hydrogens is 422 g/mol. The SMILES string of the molecule is NC(=O)c1ccc(-c2ccnc(NCCNc3ccc(C(N)S(=O)(=O)O)cn3)n2)cc1. The summed E-state index contributed by atoms with van der Waals surface area (Å²) in [4.78, 5) is 23.9. The number of hydrogen-bond donors (Lipinski definition) is 5. The number of benzene rings is 1. The van der Waals surface area contributed by atoms with Crippen molar-refractivity contribution < 1.29 is 17.8 Å². The van der Waals surface area contributed by atoms with Gasteiger partial charge in [-0.05, 0) is 24.3 Å². The van der Waals surface area contributed by atoms with Crippen LogP contribution in [-0.4, -0.2) is 46.9 Å². The highest BCUT2D eigenvalue weighted by Crippen LogP contribution is 2.18. The average Bonchev–Trinajstić information content (AvgIpc) is 2.76. The molecule has 7 N–H and O–H groups in total. The summed E-state index contributed by atoms with van der Waals surface area (Å²) in [5.74, 6) is 0.451. The fraction of sp³-hybridized carbons (Fsp3) is 0.158. The smallest absolute Gasteiger partial charge is 0.285 e. The molecule has 12 heteroatoms. The summed E-state index contributed by atoms with van der Waals surface area (Å²) in [6, 6.07) is 11.6. The van der Waals surface area contributed by atoms with Crippen molar-refractivity contribution in [2.75, 3.05) is 23.7 Å². The maximum atomic E-state index is 11.2. The van der Waals surface area contributed by atoms with Crippen molar-refractivity contribution in [2.45, 2.75) is 5.37 Å². The van der Waals surface area contributed by atoms with Crippen LogP contribution in [0.2, 0.25) is 0 Å². The quantitative estimate of drug-likeness (QED) is 0.236. The third-order valence-corrected chi connectivity index (χ3v) is 5.18. The number of primary amides is 1. The normalized spacial score (nSPS) is 12.2. The Bertz CT molecular complexity index is 1150. The van der Waals surface area contributed by atoms with Gasteiger partial charge in [-0.15, -0.1) is 0 Å². The van der Waals surface area contributed by atoms with E-state index in [2.05, 4.69) is 25.6 Å². The average molecular weight is 443 g/mol. The number of hydrogen-bond acceptors (Lipinski definition) is 9. The second kappa shape index (κ2) is 9.47. The largest absolute Gasteiger partial charge is 0.368 e. The predicted molar refractivity (Wildman–Crippen MR) is 116 cm³/mol. The van der Waals surface area contributed by atoms with Crippen molar-refractivity contribution in [1.29, 1.82) is 0 Å². The first-order chi connectivity index (χ1) is 14.7. The van der Waals surface area contributed by atoms with Gasteiger partial charge in [0.05, 0.1) is 5.69 Å². The molecule has 0 saturated carbocycles. The Kier molecular flexibility index (Phi) is 6.74. The van der Waals surface area contributed by atoms with E-state index in [0.717, 1.165) is 5.56 Å². The molecule has 3 aromatic rings. The van der Waals surface area contributed by atoms with Crippen LogP contribution < -0.4 is 22.1 Å². The highest BCUT2D eigenvalue weighted by atomic mass is 32.2. The van der Waals surface area contributed by atoms with E-state index < -0.39 is 21.4 Å². The van der Waals surface area contributed by atoms with E-state index in [1.54, 1.807) is 42.6 Å². The first kappa shape index (κ1) is 22.1. The zero-order valence-electron chi connectivity index (χ0n) is 16.3. The van der Waals surface area contributed by atoms with Crippen LogP contribution in [0.5, 0.6) is 0 Å². The molecular formula is C19H21N7O4S. The minimum Gasteiger partial charge on any atom is -0.368 e. The number of pyridine rings is 1. The number of carbonyl (C=O) groups is 1.